The van der Waals surface area contributed by atoms with Crippen LogP contribution in [0.1, 0.15) is 57.9 Å². The van der Waals surface area contributed by atoms with Crippen LogP contribution in [-0.2, 0) is 4.79 Å². The third-order valence-electron chi connectivity index (χ3n) is 3.10. The van der Waals surface area contributed by atoms with Crippen LogP contribution in [0.2, 0.25) is 0 Å². The van der Waals surface area contributed by atoms with Gasteiger partial charge in [0, 0.05) is 10.9 Å². The quantitative estimate of drug-likeness (QED) is 0.418. The van der Waals surface area contributed by atoms with E-state index >= 15 is 0 Å². The molecular formula is C16H23BrN2O. The number of benzene rings is 1. The molecule has 0 aliphatic heterocycles. The third kappa shape index (κ3) is 6.85. The largest absolute Gasteiger partial charge is 0.273 e. The van der Waals surface area contributed by atoms with Gasteiger partial charge in [-0.05, 0) is 31.0 Å². The minimum Gasteiger partial charge on any atom is -0.273 e. The van der Waals surface area contributed by atoms with E-state index in [1.807, 2.05) is 31.2 Å². The highest BCUT2D eigenvalue weighted by Gasteiger charge is 2.02. The summed E-state index contributed by atoms with van der Waals surface area (Å²) in [5, 5.41) is 4.15. The molecule has 0 aliphatic rings. The fraction of sp³-hybridized carbons (Fsp3) is 0.500. The van der Waals surface area contributed by atoms with Crippen molar-refractivity contribution in [2.24, 2.45) is 5.10 Å². The Balaban J connectivity index is 2.33. The first-order valence-corrected chi connectivity index (χ1v) is 8.02. The number of carbonyl (C=O) groups excluding carboxylic acids is 1. The van der Waals surface area contributed by atoms with Gasteiger partial charge in [0.15, 0.2) is 0 Å². The number of hydrogen-bond acceptors (Lipinski definition) is 2. The molecule has 0 heterocycles. The third-order valence-corrected chi connectivity index (χ3v) is 3.59. The van der Waals surface area contributed by atoms with Crippen molar-refractivity contribution in [2.75, 3.05) is 0 Å². The maximum absolute atomic E-state index is 11.7. The maximum atomic E-state index is 11.7. The van der Waals surface area contributed by atoms with Gasteiger partial charge in [-0.25, -0.2) is 5.43 Å². The lowest BCUT2D eigenvalue weighted by molar-refractivity contribution is -0.121. The summed E-state index contributed by atoms with van der Waals surface area (Å²) < 4.78 is 1.01. The average molecular weight is 339 g/mol. The van der Waals surface area contributed by atoms with E-state index in [1.165, 1.54) is 19.3 Å². The Morgan fingerprint density at radius 1 is 1.25 bits per heavy atom. The molecule has 1 N–H and O–H groups in total. The number of rotatable bonds is 8. The van der Waals surface area contributed by atoms with E-state index in [0.717, 1.165) is 28.6 Å². The molecule has 0 spiro atoms. The number of hydrazone groups is 1. The van der Waals surface area contributed by atoms with Crippen molar-refractivity contribution in [1.29, 1.82) is 0 Å². The van der Waals surface area contributed by atoms with E-state index in [2.05, 4.69) is 33.4 Å². The van der Waals surface area contributed by atoms with Gasteiger partial charge >= 0.3 is 0 Å². The first kappa shape index (κ1) is 16.9. The van der Waals surface area contributed by atoms with Crippen LogP contribution in [-0.4, -0.2) is 11.6 Å². The predicted molar refractivity (Wildman–Crippen MR) is 87.9 cm³/mol. The Morgan fingerprint density at radius 3 is 2.70 bits per heavy atom. The van der Waals surface area contributed by atoms with Gasteiger partial charge in [0.2, 0.25) is 5.91 Å². The molecule has 1 amide bonds. The van der Waals surface area contributed by atoms with Gasteiger partial charge in [-0.15, -0.1) is 0 Å². The fourth-order valence-electron chi connectivity index (χ4n) is 1.87. The Morgan fingerprint density at radius 2 is 2.00 bits per heavy atom. The summed E-state index contributed by atoms with van der Waals surface area (Å²) in [7, 11) is 0. The molecule has 20 heavy (non-hydrogen) atoms. The standard InChI is InChI=1S/C16H23BrN2O/c1-3-4-5-6-7-11-16(20)19-18-13(2)14-9-8-10-15(17)12-14/h8-10,12H,3-7,11H2,1-2H3,(H,19,20)/b18-13+. The summed E-state index contributed by atoms with van der Waals surface area (Å²) >= 11 is 3.42. The van der Waals surface area contributed by atoms with E-state index in [1.54, 1.807) is 0 Å². The van der Waals surface area contributed by atoms with Crippen LogP contribution in [0.4, 0.5) is 0 Å². The van der Waals surface area contributed by atoms with Crippen LogP contribution in [0.3, 0.4) is 0 Å². The molecule has 1 aromatic carbocycles. The number of nitrogens with zero attached hydrogens (tertiary/aromatic N) is 1. The van der Waals surface area contributed by atoms with Gasteiger partial charge < -0.3 is 0 Å². The summed E-state index contributed by atoms with van der Waals surface area (Å²) in [6.07, 6.45) is 6.31. The van der Waals surface area contributed by atoms with Gasteiger partial charge in [0.25, 0.3) is 0 Å². The smallest absolute Gasteiger partial charge is 0.240 e. The van der Waals surface area contributed by atoms with Gasteiger partial charge in [0.05, 0.1) is 5.71 Å². The van der Waals surface area contributed by atoms with E-state index < -0.39 is 0 Å². The molecule has 0 unspecified atom stereocenters. The maximum Gasteiger partial charge on any atom is 0.240 e. The molecule has 1 rings (SSSR count). The van der Waals surface area contributed by atoms with E-state index in [9.17, 15) is 4.79 Å². The van der Waals surface area contributed by atoms with E-state index in [0.29, 0.717) is 6.42 Å². The Kier molecular flexibility index (Phi) is 8.19. The zero-order valence-electron chi connectivity index (χ0n) is 12.3. The van der Waals surface area contributed by atoms with Gasteiger partial charge in [0.1, 0.15) is 0 Å². The first-order chi connectivity index (χ1) is 9.63. The molecular weight excluding hydrogens is 316 g/mol. The van der Waals surface area contributed by atoms with Crippen LogP contribution in [0.25, 0.3) is 0 Å². The SMILES string of the molecule is CCCCCCCC(=O)N/N=C(\C)c1cccc(Br)c1. The van der Waals surface area contributed by atoms with Crippen LogP contribution in [0.15, 0.2) is 33.8 Å². The Hall–Kier alpha value is -1.16. The second kappa shape index (κ2) is 9.70. The molecule has 0 fully saturated rings. The molecule has 0 radical (unpaired) electrons. The van der Waals surface area contributed by atoms with Crippen molar-refractivity contribution in [3.8, 4) is 0 Å². The van der Waals surface area contributed by atoms with Crippen molar-refractivity contribution in [3.05, 3.63) is 34.3 Å². The zero-order chi connectivity index (χ0) is 14.8. The van der Waals surface area contributed by atoms with Crippen LogP contribution < -0.4 is 5.43 Å². The topological polar surface area (TPSA) is 41.5 Å². The van der Waals surface area contributed by atoms with Crippen LogP contribution >= 0.6 is 15.9 Å². The summed E-state index contributed by atoms with van der Waals surface area (Å²) in [6.45, 7) is 4.08. The minimum atomic E-state index is -0.00385. The van der Waals surface area contributed by atoms with Crippen molar-refractivity contribution in [2.45, 2.75) is 52.4 Å². The summed E-state index contributed by atoms with van der Waals surface area (Å²) in [5.74, 6) is -0.00385. The number of amides is 1. The summed E-state index contributed by atoms with van der Waals surface area (Å²) in [6, 6.07) is 7.87. The average Bonchev–Trinajstić information content (AvgIpc) is 2.44. The van der Waals surface area contributed by atoms with Gasteiger partial charge in [-0.2, -0.15) is 5.10 Å². The van der Waals surface area contributed by atoms with E-state index in [-0.39, 0.29) is 5.91 Å². The highest BCUT2D eigenvalue weighted by molar-refractivity contribution is 9.10. The van der Waals surface area contributed by atoms with Crippen molar-refractivity contribution in [3.63, 3.8) is 0 Å². The second-order valence-corrected chi connectivity index (χ2v) is 5.82. The fourth-order valence-corrected chi connectivity index (χ4v) is 2.27. The number of nitrogens with one attached hydrogen (secondary N) is 1. The molecule has 0 aromatic heterocycles. The van der Waals surface area contributed by atoms with Crippen molar-refractivity contribution >= 4 is 27.5 Å². The number of hydrogen-bond donors (Lipinski definition) is 1. The highest BCUT2D eigenvalue weighted by Crippen LogP contribution is 2.12. The van der Waals surface area contributed by atoms with Gasteiger partial charge in [-0.3, -0.25) is 4.79 Å². The first-order valence-electron chi connectivity index (χ1n) is 7.22. The molecule has 4 heteroatoms. The lowest BCUT2D eigenvalue weighted by atomic mass is 10.1. The predicted octanol–water partition coefficient (Wildman–Crippen LogP) is 4.65. The highest BCUT2D eigenvalue weighted by atomic mass is 79.9. The lowest BCUT2D eigenvalue weighted by Gasteiger charge is -2.03. The molecule has 110 valence electrons. The molecule has 3 nitrogen and oxygen atoms in total. The summed E-state index contributed by atoms with van der Waals surface area (Å²) in [4.78, 5) is 11.7. The Labute approximate surface area is 130 Å². The zero-order valence-corrected chi connectivity index (χ0v) is 13.9. The molecule has 0 saturated heterocycles. The number of carbonyl (C=O) groups is 1. The van der Waals surface area contributed by atoms with E-state index in [4.69, 9.17) is 0 Å². The molecule has 0 atom stereocenters. The summed E-state index contributed by atoms with van der Waals surface area (Å²) in [5.41, 5.74) is 4.44. The normalized spacial score (nSPS) is 11.4. The molecule has 0 saturated carbocycles. The lowest BCUT2D eigenvalue weighted by Crippen LogP contribution is -2.18. The minimum absolute atomic E-state index is 0.00385. The molecule has 0 aliphatic carbocycles. The van der Waals surface area contributed by atoms with Crippen molar-refractivity contribution < 1.29 is 4.79 Å². The monoisotopic (exact) mass is 338 g/mol. The van der Waals surface area contributed by atoms with Crippen LogP contribution in [0.5, 0.6) is 0 Å². The second-order valence-electron chi connectivity index (χ2n) is 4.91. The molecule has 1 aromatic rings. The molecule has 0 bridgehead atoms. The van der Waals surface area contributed by atoms with Crippen molar-refractivity contribution in [1.82, 2.24) is 5.43 Å². The van der Waals surface area contributed by atoms with Crippen LogP contribution in [0, 0.1) is 0 Å². The number of halogens is 1. The number of unbranched alkanes of at least 4 members (excludes halogenated alkanes) is 4. The van der Waals surface area contributed by atoms with Gasteiger partial charge in [-0.1, -0.05) is 60.7 Å². The Bertz CT molecular complexity index is 458.